The number of hydrogen-bond donors (Lipinski definition) is 0. The topological polar surface area (TPSA) is 33.0 Å². The first kappa shape index (κ1) is 22.8. The monoisotopic (exact) mass is 405 g/mol. The Bertz CT molecular complexity index is 695. The average Bonchev–Trinajstić information content (AvgIpc) is 2.81. The Kier molecular flexibility index (Phi) is 9.71. The van der Waals surface area contributed by atoms with Crippen LogP contribution >= 0.6 is 0 Å². The average molecular weight is 406 g/mol. The van der Waals surface area contributed by atoms with Gasteiger partial charge in [0.05, 0.1) is 12.2 Å². The molecule has 2 heteroatoms. The summed E-state index contributed by atoms with van der Waals surface area (Å²) in [5.74, 6) is 2.38. The van der Waals surface area contributed by atoms with E-state index < -0.39 is 0 Å². The summed E-state index contributed by atoms with van der Waals surface area (Å²) in [7, 11) is 0. The van der Waals surface area contributed by atoms with Crippen LogP contribution in [-0.4, -0.2) is 12.7 Å². The Hall–Kier alpha value is -1.85. The minimum atomic E-state index is 0.487. The molecule has 2 aliphatic rings. The van der Waals surface area contributed by atoms with E-state index in [-0.39, 0.29) is 0 Å². The Morgan fingerprint density at radius 2 is 1.63 bits per heavy atom. The first-order chi connectivity index (χ1) is 14.8. The zero-order chi connectivity index (χ0) is 21.0. The van der Waals surface area contributed by atoms with Gasteiger partial charge in [-0.3, -0.25) is 0 Å². The van der Waals surface area contributed by atoms with Crippen LogP contribution in [0.5, 0.6) is 0 Å². The number of rotatable bonds is 9. The van der Waals surface area contributed by atoms with Gasteiger partial charge in [0.2, 0.25) is 0 Å². The molecule has 0 spiro atoms. The summed E-state index contributed by atoms with van der Waals surface area (Å²) >= 11 is 0. The van der Waals surface area contributed by atoms with Gasteiger partial charge >= 0.3 is 0 Å². The lowest BCUT2D eigenvalue weighted by molar-refractivity contribution is -0.00474. The van der Waals surface area contributed by atoms with Crippen LogP contribution in [0, 0.1) is 23.2 Å². The highest BCUT2D eigenvalue weighted by Gasteiger charge is 2.25. The number of aryl methyl sites for hydroxylation is 1. The maximum atomic E-state index is 8.47. The third-order valence-electron chi connectivity index (χ3n) is 7.23. The van der Waals surface area contributed by atoms with Gasteiger partial charge in [0, 0.05) is 12.7 Å². The van der Waals surface area contributed by atoms with E-state index in [9.17, 15) is 0 Å². The van der Waals surface area contributed by atoms with Crippen molar-refractivity contribution in [1.29, 1.82) is 5.26 Å². The van der Waals surface area contributed by atoms with Crippen molar-refractivity contribution < 1.29 is 4.74 Å². The van der Waals surface area contributed by atoms with Crippen molar-refractivity contribution in [2.45, 2.75) is 89.6 Å². The Morgan fingerprint density at radius 1 is 0.933 bits per heavy atom. The van der Waals surface area contributed by atoms with Crippen molar-refractivity contribution in [3.63, 3.8) is 0 Å². The van der Waals surface area contributed by atoms with E-state index in [2.05, 4.69) is 37.3 Å². The summed E-state index contributed by atoms with van der Waals surface area (Å²) in [5.41, 5.74) is 2.97. The van der Waals surface area contributed by atoms with Crippen LogP contribution in [0.4, 0.5) is 0 Å². The Balaban J connectivity index is 1.28. The van der Waals surface area contributed by atoms with Crippen molar-refractivity contribution in [1.82, 2.24) is 0 Å². The number of benzene rings is 1. The van der Waals surface area contributed by atoms with Gasteiger partial charge in [-0.1, -0.05) is 62.3 Å². The van der Waals surface area contributed by atoms with Crippen LogP contribution in [0.3, 0.4) is 0 Å². The largest absolute Gasteiger partial charge is 0.378 e. The molecule has 2 nitrogen and oxygen atoms in total. The molecule has 162 valence electrons. The number of hydrogen-bond acceptors (Lipinski definition) is 2. The molecule has 0 N–H and O–H groups in total. The second-order valence-corrected chi connectivity index (χ2v) is 9.28. The molecule has 1 aromatic carbocycles. The fourth-order valence-corrected chi connectivity index (χ4v) is 5.15. The van der Waals surface area contributed by atoms with Crippen LogP contribution in [0.2, 0.25) is 0 Å². The standard InChI is InChI=1S/C28H39NO/c1-2-23-13-15-26(16-14-23)27-17-19-28(20-18-27)30-22-25-11-9-24(10-12-25)8-6-4-3-5-7-21-29/h3-5,7,13-16,24-25,27-28H,2,6,8-12,17-20,22H2,1H3/b4-3+,7-5+/t24-,25-,27-,28-. The lowest BCUT2D eigenvalue weighted by Gasteiger charge is -2.32. The van der Waals surface area contributed by atoms with Crippen molar-refractivity contribution in [3.8, 4) is 6.07 Å². The molecule has 2 aliphatic carbocycles. The maximum absolute atomic E-state index is 8.47. The zero-order valence-electron chi connectivity index (χ0n) is 18.8. The molecular formula is C28H39NO. The predicted molar refractivity (Wildman–Crippen MR) is 125 cm³/mol. The summed E-state index contributed by atoms with van der Waals surface area (Å²) in [6, 6.07) is 11.3. The van der Waals surface area contributed by atoms with Crippen molar-refractivity contribution in [2.75, 3.05) is 6.61 Å². The van der Waals surface area contributed by atoms with Gasteiger partial charge in [0.15, 0.2) is 0 Å². The molecule has 3 rings (SSSR count). The zero-order valence-corrected chi connectivity index (χ0v) is 18.8. The number of nitriles is 1. The van der Waals surface area contributed by atoms with E-state index in [4.69, 9.17) is 10.00 Å². The number of allylic oxidation sites excluding steroid dienone is 4. The molecule has 0 aliphatic heterocycles. The highest BCUT2D eigenvalue weighted by Crippen LogP contribution is 2.36. The second kappa shape index (κ2) is 12.8. The molecule has 0 heterocycles. The molecule has 1 aromatic rings. The van der Waals surface area contributed by atoms with Gasteiger partial charge in [-0.05, 0) is 86.7 Å². The highest BCUT2D eigenvalue weighted by molar-refractivity contribution is 5.25. The SMILES string of the molecule is CCc1ccc([C@H]2CC[C@H](OC[C@H]3CC[C@H](CC/C=C/C=C/C#N)CC3)CC2)cc1. The normalized spacial score (nSPS) is 27.5. The van der Waals surface area contributed by atoms with Crippen LogP contribution in [0.1, 0.15) is 88.2 Å². The minimum Gasteiger partial charge on any atom is -0.378 e. The molecule has 0 atom stereocenters. The Labute approximate surface area is 184 Å². The van der Waals surface area contributed by atoms with Crippen LogP contribution in [-0.2, 0) is 11.2 Å². The molecule has 0 unspecified atom stereocenters. The number of ether oxygens (including phenoxy) is 1. The van der Waals surface area contributed by atoms with Crippen molar-refractivity contribution in [2.24, 2.45) is 11.8 Å². The lowest BCUT2D eigenvalue weighted by Crippen LogP contribution is -2.25. The van der Waals surface area contributed by atoms with Gasteiger partial charge in [-0.2, -0.15) is 5.26 Å². The molecular weight excluding hydrogens is 366 g/mol. The summed E-state index contributed by atoms with van der Waals surface area (Å²) in [6.07, 6.45) is 22.0. The quantitative estimate of drug-likeness (QED) is 0.314. The third-order valence-corrected chi connectivity index (χ3v) is 7.23. The first-order valence-electron chi connectivity index (χ1n) is 12.2. The van der Waals surface area contributed by atoms with Crippen LogP contribution < -0.4 is 0 Å². The lowest BCUT2D eigenvalue weighted by atomic mass is 9.80. The smallest absolute Gasteiger partial charge is 0.0912 e. The van der Waals surface area contributed by atoms with E-state index in [1.54, 1.807) is 0 Å². The Morgan fingerprint density at radius 3 is 2.30 bits per heavy atom. The predicted octanol–water partition coefficient (Wildman–Crippen LogP) is 7.51. The molecule has 2 saturated carbocycles. The van der Waals surface area contributed by atoms with E-state index >= 15 is 0 Å². The number of nitrogens with zero attached hydrogens (tertiary/aromatic N) is 1. The van der Waals surface area contributed by atoms with Crippen molar-refractivity contribution >= 4 is 0 Å². The first-order valence-corrected chi connectivity index (χ1v) is 12.2. The van der Waals surface area contributed by atoms with Gasteiger partial charge < -0.3 is 4.74 Å². The molecule has 0 radical (unpaired) electrons. The van der Waals surface area contributed by atoms with E-state index in [0.717, 1.165) is 37.2 Å². The van der Waals surface area contributed by atoms with E-state index in [1.807, 2.05) is 18.2 Å². The van der Waals surface area contributed by atoms with E-state index in [1.165, 1.54) is 75.0 Å². The van der Waals surface area contributed by atoms with Gasteiger partial charge in [-0.15, -0.1) is 0 Å². The van der Waals surface area contributed by atoms with Crippen molar-refractivity contribution in [3.05, 3.63) is 59.7 Å². The second-order valence-electron chi connectivity index (χ2n) is 9.28. The van der Waals surface area contributed by atoms with Crippen LogP contribution in [0.25, 0.3) is 0 Å². The summed E-state index contributed by atoms with van der Waals surface area (Å²) in [5, 5.41) is 8.47. The van der Waals surface area contributed by atoms with Gasteiger partial charge in [0.25, 0.3) is 0 Å². The summed E-state index contributed by atoms with van der Waals surface area (Å²) in [6.45, 7) is 3.20. The molecule has 30 heavy (non-hydrogen) atoms. The van der Waals surface area contributed by atoms with Crippen LogP contribution in [0.15, 0.2) is 48.6 Å². The van der Waals surface area contributed by atoms with Gasteiger partial charge in [-0.25, -0.2) is 0 Å². The summed E-state index contributed by atoms with van der Waals surface area (Å²) < 4.78 is 6.37. The fraction of sp³-hybridized carbons (Fsp3) is 0.607. The minimum absolute atomic E-state index is 0.487. The maximum Gasteiger partial charge on any atom is 0.0912 e. The third kappa shape index (κ3) is 7.44. The van der Waals surface area contributed by atoms with E-state index in [0.29, 0.717) is 6.10 Å². The molecule has 0 saturated heterocycles. The molecule has 2 fully saturated rings. The highest BCUT2D eigenvalue weighted by atomic mass is 16.5. The molecule has 0 aromatic heterocycles. The van der Waals surface area contributed by atoms with Gasteiger partial charge in [0.1, 0.15) is 0 Å². The fourth-order valence-electron chi connectivity index (χ4n) is 5.15. The molecule has 0 bridgehead atoms. The summed E-state index contributed by atoms with van der Waals surface area (Å²) in [4.78, 5) is 0. The molecule has 0 amide bonds.